The van der Waals surface area contributed by atoms with Gasteiger partial charge in [-0.05, 0) is 18.9 Å². The molecule has 0 aromatic heterocycles. The van der Waals surface area contributed by atoms with Crippen molar-refractivity contribution in [3.63, 3.8) is 0 Å². The largest absolute Gasteiger partial charge is 0.492 e. The third-order valence-corrected chi connectivity index (χ3v) is 4.55. The summed E-state index contributed by atoms with van der Waals surface area (Å²) in [7, 11) is 1.41. The van der Waals surface area contributed by atoms with Gasteiger partial charge >= 0.3 is 0 Å². The second-order valence-electron chi connectivity index (χ2n) is 6.77. The van der Waals surface area contributed by atoms with Gasteiger partial charge in [-0.1, -0.05) is 83.3 Å². The molecule has 3 heteroatoms. The SMILES string of the molecule is CCCCCCCCCCCCCC=CC1=CC(=O)C=C(OC)C1=O. The van der Waals surface area contributed by atoms with Gasteiger partial charge in [0, 0.05) is 11.6 Å². The molecule has 0 amide bonds. The Bertz CT molecular complexity index is 497. The fraction of sp³-hybridized carbons (Fsp3) is 0.636. The van der Waals surface area contributed by atoms with Gasteiger partial charge in [0.2, 0.25) is 5.78 Å². The Labute approximate surface area is 153 Å². The van der Waals surface area contributed by atoms with Crippen molar-refractivity contribution < 1.29 is 14.3 Å². The zero-order valence-corrected chi connectivity index (χ0v) is 16.0. The van der Waals surface area contributed by atoms with Crippen LogP contribution >= 0.6 is 0 Å². The molecule has 0 spiro atoms. The highest BCUT2D eigenvalue weighted by atomic mass is 16.5. The van der Waals surface area contributed by atoms with Crippen LogP contribution in [0.15, 0.2) is 35.6 Å². The van der Waals surface area contributed by atoms with E-state index in [1.54, 1.807) is 6.08 Å². The van der Waals surface area contributed by atoms with Crippen molar-refractivity contribution in [2.75, 3.05) is 7.11 Å². The number of carbonyl (C=O) groups excluding carboxylic acids is 2. The molecule has 0 N–H and O–H groups in total. The van der Waals surface area contributed by atoms with Gasteiger partial charge in [0.25, 0.3) is 0 Å². The molecule has 1 rings (SSSR count). The average Bonchev–Trinajstić information content (AvgIpc) is 2.61. The van der Waals surface area contributed by atoms with E-state index in [1.807, 2.05) is 6.08 Å². The predicted molar refractivity (Wildman–Crippen MR) is 103 cm³/mol. The molecule has 0 unspecified atom stereocenters. The van der Waals surface area contributed by atoms with Gasteiger partial charge in [0.1, 0.15) is 0 Å². The number of rotatable bonds is 14. The zero-order valence-electron chi connectivity index (χ0n) is 16.0. The van der Waals surface area contributed by atoms with Crippen molar-refractivity contribution in [1.29, 1.82) is 0 Å². The number of unbranched alkanes of at least 4 members (excludes halogenated alkanes) is 11. The third kappa shape index (κ3) is 9.42. The predicted octanol–water partition coefficient (Wildman–Crippen LogP) is 5.85. The lowest BCUT2D eigenvalue weighted by Crippen LogP contribution is -2.14. The molecule has 0 saturated carbocycles. The minimum Gasteiger partial charge on any atom is -0.492 e. The molecule has 0 fully saturated rings. The minimum absolute atomic E-state index is 0.127. The summed E-state index contributed by atoms with van der Waals surface area (Å²) in [4.78, 5) is 23.5. The van der Waals surface area contributed by atoms with Crippen LogP contribution in [-0.2, 0) is 14.3 Å². The zero-order chi connectivity index (χ0) is 18.3. The van der Waals surface area contributed by atoms with Gasteiger partial charge in [0.05, 0.1) is 7.11 Å². The van der Waals surface area contributed by atoms with Gasteiger partial charge in [-0.2, -0.15) is 0 Å². The maximum atomic E-state index is 12.0. The molecule has 0 aromatic carbocycles. The van der Waals surface area contributed by atoms with E-state index in [0.717, 1.165) is 12.8 Å². The quantitative estimate of drug-likeness (QED) is 0.292. The van der Waals surface area contributed by atoms with Crippen molar-refractivity contribution in [2.24, 2.45) is 0 Å². The number of Topliss-reactive ketones (excluding diaryl/α,β-unsaturated/α-hetero) is 1. The highest BCUT2D eigenvalue weighted by molar-refractivity contribution is 6.20. The third-order valence-electron chi connectivity index (χ3n) is 4.55. The first-order valence-corrected chi connectivity index (χ1v) is 9.91. The van der Waals surface area contributed by atoms with Crippen LogP contribution in [0.4, 0.5) is 0 Å². The lowest BCUT2D eigenvalue weighted by molar-refractivity contribution is -0.117. The number of ether oxygens (including phenoxy) is 1. The minimum atomic E-state index is -0.211. The maximum Gasteiger partial charge on any atom is 0.227 e. The number of carbonyl (C=O) groups is 2. The number of ketones is 2. The monoisotopic (exact) mass is 346 g/mol. The summed E-state index contributed by atoms with van der Waals surface area (Å²) in [6.45, 7) is 2.26. The first kappa shape index (κ1) is 21.4. The van der Waals surface area contributed by atoms with E-state index in [1.165, 1.54) is 83.5 Å². The summed E-state index contributed by atoms with van der Waals surface area (Å²) in [5, 5.41) is 0. The molecule has 0 aliphatic heterocycles. The van der Waals surface area contributed by atoms with Crippen LogP contribution in [0.25, 0.3) is 0 Å². The molecule has 0 atom stereocenters. The Morgan fingerprint density at radius 3 is 1.96 bits per heavy atom. The summed E-state index contributed by atoms with van der Waals surface area (Å²) in [5.74, 6) is -0.273. The Hall–Kier alpha value is -1.64. The normalized spacial score (nSPS) is 14.8. The second-order valence-corrected chi connectivity index (χ2v) is 6.77. The molecule has 25 heavy (non-hydrogen) atoms. The van der Waals surface area contributed by atoms with E-state index >= 15 is 0 Å². The molecule has 1 aliphatic carbocycles. The maximum absolute atomic E-state index is 12.0. The number of allylic oxidation sites excluding steroid dienone is 5. The van der Waals surface area contributed by atoms with Crippen LogP contribution < -0.4 is 0 Å². The lowest BCUT2D eigenvalue weighted by atomic mass is 10.0. The molecule has 0 radical (unpaired) electrons. The molecule has 3 nitrogen and oxygen atoms in total. The average molecular weight is 347 g/mol. The molecule has 0 aromatic rings. The number of hydrogen-bond donors (Lipinski definition) is 0. The molecule has 1 aliphatic rings. The Balaban J connectivity index is 2.04. The van der Waals surface area contributed by atoms with Gasteiger partial charge in [-0.15, -0.1) is 0 Å². The number of hydrogen-bond acceptors (Lipinski definition) is 3. The van der Waals surface area contributed by atoms with Gasteiger partial charge in [-0.3, -0.25) is 9.59 Å². The molecular weight excluding hydrogens is 312 g/mol. The Kier molecular flexibility index (Phi) is 11.7. The van der Waals surface area contributed by atoms with Crippen LogP contribution in [0.2, 0.25) is 0 Å². The molecule has 0 heterocycles. The van der Waals surface area contributed by atoms with E-state index < -0.39 is 0 Å². The van der Waals surface area contributed by atoms with Crippen molar-refractivity contribution >= 4 is 11.6 Å². The number of methoxy groups -OCH3 is 1. The molecule has 140 valence electrons. The van der Waals surface area contributed by atoms with Crippen LogP contribution in [0.5, 0.6) is 0 Å². The molecule has 0 saturated heterocycles. The van der Waals surface area contributed by atoms with E-state index in [-0.39, 0.29) is 17.3 Å². The van der Waals surface area contributed by atoms with Gasteiger partial charge < -0.3 is 4.74 Å². The van der Waals surface area contributed by atoms with Crippen molar-refractivity contribution in [3.05, 3.63) is 35.6 Å². The summed E-state index contributed by atoms with van der Waals surface area (Å²) in [6.07, 6.45) is 21.9. The van der Waals surface area contributed by atoms with Crippen LogP contribution in [0.3, 0.4) is 0 Å². The fourth-order valence-corrected chi connectivity index (χ4v) is 3.01. The Morgan fingerprint density at radius 1 is 0.840 bits per heavy atom. The Morgan fingerprint density at radius 2 is 1.40 bits per heavy atom. The molecule has 0 bridgehead atoms. The summed E-state index contributed by atoms with van der Waals surface area (Å²) in [6, 6.07) is 0. The van der Waals surface area contributed by atoms with E-state index in [0.29, 0.717) is 5.57 Å². The van der Waals surface area contributed by atoms with Crippen molar-refractivity contribution in [1.82, 2.24) is 0 Å². The standard InChI is InChI=1S/C22H34O3/c1-3-4-5-6-7-8-9-10-11-12-13-14-15-16-19-17-20(23)18-21(25-2)22(19)24/h15-18H,3-14H2,1-2H3. The van der Waals surface area contributed by atoms with E-state index in [4.69, 9.17) is 4.74 Å². The summed E-state index contributed by atoms with van der Waals surface area (Å²) >= 11 is 0. The lowest BCUT2D eigenvalue weighted by Gasteiger charge is -2.09. The van der Waals surface area contributed by atoms with E-state index in [2.05, 4.69) is 6.92 Å². The van der Waals surface area contributed by atoms with Crippen molar-refractivity contribution in [3.8, 4) is 0 Å². The summed E-state index contributed by atoms with van der Waals surface area (Å²) < 4.78 is 4.94. The molecular formula is C22H34O3. The van der Waals surface area contributed by atoms with Crippen LogP contribution in [0, 0.1) is 0 Å². The smallest absolute Gasteiger partial charge is 0.227 e. The fourth-order valence-electron chi connectivity index (χ4n) is 3.01. The van der Waals surface area contributed by atoms with Crippen molar-refractivity contribution in [2.45, 2.75) is 84.0 Å². The first-order valence-electron chi connectivity index (χ1n) is 9.91. The first-order chi connectivity index (χ1) is 12.2. The van der Waals surface area contributed by atoms with Gasteiger partial charge in [-0.25, -0.2) is 0 Å². The second kappa shape index (κ2) is 13.6. The highest BCUT2D eigenvalue weighted by Gasteiger charge is 2.20. The van der Waals surface area contributed by atoms with Crippen LogP contribution in [0.1, 0.15) is 84.0 Å². The van der Waals surface area contributed by atoms with E-state index in [9.17, 15) is 9.59 Å². The topological polar surface area (TPSA) is 43.4 Å². The van der Waals surface area contributed by atoms with Gasteiger partial charge in [0.15, 0.2) is 11.5 Å². The summed E-state index contributed by atoms with van der Waals surface area (Å²) in [5.41, 5.74) is 0.424. The highest BCUT2D eigenvalue weighted by Crippen LogP contribution is 2.16. The van der Waals surface area contributed by atoms with Crippen LogP contribution in [-0.4, -0.2) is 18.7 Å².